The van der Waals surface area contributed by atoms with Crippen molar-refractivity contribution in [3.05, 3.63) is 47.4 Å². The Bertz CT molecular complexity index is 660. The molecule has 0 bridgehead atoms. The molecule has 6 nitrogen and oxygen atoms in total. The minimum absolute atomic E-state index is 0.0726. The molecule has 1 heterocycles. The Labute approximate surface area is 120 Å². The van der Waals surface area contributed by atoms with Crippen LogP contribution in [0.4, 0.5) is 16.3 Å². The van der Waals surface area contributed by atoms with Crippen molar-refractivity contribution in [2.75, 3.05) is 10.6 Å². The summed E-state index contributed by atoms with van der Waals surface area (Å²) in [4.78, 5) is 30.6. The lowest BCUT2D eigenvalue weighted by molar-refractivity contribution is 0.101. The van der Waals surface area contributed by atoms with Gasteiger partial charge in [-0.2, -0.15) is 0 Å². The summed E-state index contributed by atoms with van der Waals surface area (Å²) in [5, 5.41) is 5.34. The topological polar surface area (TPSA) is 84.0 Å². The normalized spacial score (nSPS) is 9.90. The van der Waals surface area contributed by atoms with Crippen molar-refractivity contribution in [1.82, 2.24) is 9.97 Å². The number of Topliss-reactive ketones (excluding diaryl/α,β-unsaturated/α-hetero) is 1. The average Bonchev–Trinajstić information content (AvgIpc) is 2.38. The smallest absolute Gasteiger partial charge is 0.308 e. The van der Waals surface area contributed by atoms with Crippen LogP contribution in [0.15, 0.2) is 36.7 Å². The van der Waals surface area contributed by atoms with E-state index in [4.69, 9.17) is 11.6 Å². The van der Waals surface area contributed by atoms with Gasteiger partial charge in [-0.05, 0) is 19.1 Å². The first-order valence-electron chi connectivity index (χ1n) is 5.71. The van der Waals surface area contributed by atoms with Crippen molar-refractivity contribution < 1.29 is 9.59 Å². The average molecular weight is 291 g/mol. The Balaban J connectivity index is 2.04. The van der Waals surface area contributed by atoms with Gasteiger partial charge < -0.3 is 5.32 Å². The van der Waals surface area contributed by atoms with Crippen LogP contribution in [-0.2, 0) is 0 Å². The van der Waals surface area contributed by atoms with Crippen LogP contribution in [0.25, 0.3) is 0 Å². The number of rotatable bonds is 3. The fourth-order valence-electron chi connectivity index (χ4n) is 1.50. The highest BCUT2D eigenvalue weighted by Crippen LogP contribution is 2.13. The molecule has 2 amide bonds. The van der Waals surface area contributed by atoms with Gasteiger partial charge in [0.2, 0.25) is 0 Å². The van der Waals surface area contributed by atoms with Crippen LogP contribution in [0.5, 0.6) is 0 Å². The van der Waals surface area contributed by atoms with Crippen LogP contribution in [0.2, 0.25) is 5.15 Å². The molecular weight excluding hydrogens is 280 g/mol. The second-order valence-corrected chi connectivity index (χ2v) is 4.33. The van der Waals surface area contributed by atoms with Crippen molar-refractivity contribution in [3.63, 3.8) is 0 Å². The first kappa shape index (κ1) is 14.0. The number of hydrogen-bond donors (Lipinski definition) is 2. The lowest BCUT2D eigenvalue weighted by atomic mass is 10.1. The SMILES string of the molecule is CC(=O)c1cccc(NC(=O)Nc2cc(Cl)ncn2)c1. The minimum atomic E-state index is -0.486. The molecule has 7 heteroatoms. The number of amides is 2. The molecule has 0 aliphatic rings. The molecule has 2 rings (SSSR count). The van der Waals surface area contributed by atoms with Gasteiger partial charge in [-0.1, -0.05) is 23.7 Å². The molecule has 0 radical (unpaired) electrons. The summed E-state index contributed by atoms with van der Waals surface area (Å²) in [5.41, 5.74) is 1.03. The van der Waals surface area contributed by atoms with Crippen molar-refractivity contribution in [3.8, 4) is 0 Å². The van der Waals surface area contributed by atoms with Crippen LogP contribution in [-0.4, -0.2) is 21.8 Å². The van der Waals surface area contributed by atoms with E-state index < -0.39 is 6.03 Å². The molecule has 20 heavy (non-hydrogen) atoms. The summed E-state index contributed by atoms with van der Waals surface area (Å²) in [5.74, 6) is 0.210. The number of urea groups is 1. The van der Waals surface area contributed by atoms with Crippen LogP contribution < -0.4 is 10.6 Å². The molecule has 0 aliphatic heterocycles. The monoisotopic (exact) mass is 290 g/mol. The number of anilines is 2. The second-order valence-electron chi connectivity index (χ2n) is 3.94. The summed E-state index contributed by atoms with van der Waals surface area (Å²) < 4.78 is 0. The van der Waals surface area contributed by atoms with Gasteiger partial charge >= 0.3 is 6.03 Å². The van der Waals surface area contributed by atoms with E-state index >= 15 is 0 Å². The fourth-order valence-corrected chi connectivity index (χ4v) is 1.64. The predicted octanol–water partition coefficient (Wildman–Crippen LogP) is 2.98. The van der Waals surface area contributed by atoms with Gasteiger partial charge in [0.05, 0.1) is 0 Å². The molecule has 0 atom stereocenters. The number of ketones is 1. The third-order valence-corrected chi connectivity index (χ3v) is 2.61. The number of hydrogen-bond acceptors (Lipinski definition) is 4. The number of nitrogens with one attached hydrogen (secondary N) is 2. The molecule has 102 valence electrons. The molecule has 1 aromatic heterocycles. The summed E-state index contributed by atoms with van der Waals surface area (Å²) in [6, 6.07) is 7.57. The third kappa shape index (κ3) is 3.76. The van der Waals surface area contributed by atoms with Crippen LogP contribution in [0.3, 0.4) is 0 Å². The molecule has 2 N–H and O–H groups in total. The maximum absolute atomic E-state index is 11.8. The number of halogens is 1. The zero-order valence-electron chi connectivity index (χ0n) is 10.6. The van der Waals surface area contributed by atoms with Gasteiger partial charge in [-0.15, -0.1) is 0 Å². The van der Waals surface area contributed by atoms with E-state index in [1.165, 1.54) is 19.3 Å². The lowest BCUT2D eigenvalue weighted by Crippen LogP contribution is -2.20. The quantitative estimate of drug-likeness (QED) is 0.672. The Morgan fingerprint density at radius 3 is 2.65 bits per heavy atom. The molecule has 0 saturated heterocycles. The largest absolute Gasteiger partial charge is 0.324 e. The van der Waals surface area contributed by atoms with Gasteiger partial charge in [0, 0.05) is 17.3 Å². The highest BCUT2D eigenvalue weighted by atomic mass is 35.5. The van der Waals surface area contributed by atoms with E-state index in [-0.39, 0.29) is 16.8 Å². The molecular formula is C13H11ClN4O2. The minimum Gasteiger partial charge on any atom is -0.308 e. The van der Waals surface area contributed by atoms with Gasteiger partial charge in [-0.3, -0.25) is 10.1 Å². The molecule has 0 aliphatic carbocycles. The van der Waals surface area contributed by atoms with Crippen LogP contribution in [0, 0.1) is 0 Å². The molecule has 0 unspecified atom stereocenters. The predicted molar refractivity (Wildman–Crippen MR) is 76.1 cm³/mol. The van der Waals surface area contributed by atoms with Crippen molar-refractivity contribution in [2.24, 2.45) is 0 Å². The third-order valence-electron chi connectivity index (χ3n) is 2.40. The first-order valence-corrected chi connectivity index (χ1v) is 6.09. The van der Waals surface area contributed by atoms with E-state index in [2.05, 4.69) is 20.6 Å². The van der Waals surface area contributed by atoms with E-state index in [0.29, 0.717) is 11.3 Å². The van der Waals surface area contributed by atoms with E-state index in [1.807, 2.05) is 0 Å². The van der Waals surface area contributed by atoms with Crippen LogP contribution >= 0.6 is 11.6 Å². The Morgan fingerprint density at radius 1 is 1.15 bits per heavy atom. The standard InChI is InChI=1S/C13H11ClN4O2/c1-8(19)9-3-2-4-10(5-9)17-13(20)18-12-6-11(14)15-7-16-12/h2-7H,1H3,(H2,15,16,17,18,20). The number of benzene rings is 1. The van der Waals surface area contributed by atoms with E-state index in [1.54, 1.807) is 24.3 Å². The highest BCUT2D eigenvalue weighted by molar-refractivity contribution is 6.29. The Kier molecular flexibility index (Phi) is 4.27. The van der Waals surface area contributed by atoms with Gasteiger partial charge in [0.15, 0.2) is 5.78 Å². The van der Waals surface area contributed by atoms with Gasteiger partial charge in [0.1, 0.15) is 17.3 Å². The summed E-state index contributed by atoms with van der Waals surface area (Å²) in [6.07, 6.45) is 1.24. The first-order chi connectivity index (χ1) is 9.54. The van der Waals surface area contributed by atoms with Gasteiger partial charge in [0.25, 0.3) is 0 Å². The molecule has 0 fully saturated rings. The van der Waals surface area contributed by atoms with Crippen molar-refractivity contribution >= 4 is 34.9 Å². The molecule has 0 saturated carbocycles. The Hall–Kier alpha value is -2.47. The number of carbonyl (C=O) groups excluding carboxylic acids is 2. The van der Waals surface area contributed by atoms with Crippen molar-refractivity contribution in [1.29, 1.82) is 0 Å². The highest BCUT2D eigenvalue weighted by Gasteiger charge is 2.06. The number of carbonyl (C=O) groups is 2. The lowest BCUT2D eigenvalue weighted by Gasteiger charge is -2.07. The Morgan fingerprint density at radius 2 is 1.95 bits per heavy atom. The fraction of sp³-hybridized carbons (Fsp3) is 0.0769. The number of aromatic nitrogens is 2. The second kappa shape index (κ2) is 6.12. The van der Waals surface area contributed by atoms with Gasteiger partial charge in [-0.25, -0.2) is 14.8 Å². The summed E-state index contributed by atoms with van der Waals surface area (Å²) in [7, 11) is 0. The van der Waals surface area contributed by atoms with Crippen LogP contribution in [0.1, 0.15) is 17.3 Å². The summed E-state index contributed by atoms with van der Waals surface area (Å²) >= 11 is 5.68. The van der Waals surface area contributed by atoms with Crippen molar-refractivity contribution in [2.45, 2.75) is 6.92 Å². The number of nitrogens with zero attached hydrogens (tertiary/aromatic N) is 2. The van der Waals surface area contributed by atoms with E-state index in [9.17, 15) is 9.59 Å². The molecule has 1 aromatic carbocycles. The molecule has 0 spiro atoms. The maximum atomic E-state index is 11.8. The zero-order valence-corrected chi connectivity index (χ0v) is 11.3. The summed E-state index contributed by atoms with van der Waals surface area (Å²) in [6.45, 7) is 1.46. The van der Waals surface area contributed by atoms with E-state index in [0.717, 1.165) is 0 Å². The molecule has 2 aromatic rings. The zero-order chi connectivity index (χ0) is 14.5. The maximum Gasteiger partial charge on any atom is 0.324 e.